The molecule has 0 amide bonds. The lowest BCUT2D eigenvalue weighted by Crippen LogP contribution is -2.33. The van der Waals surface area contributed by atoms with E-state index in [0.717, 1.165) is 41.3 Å². The van der Waals surface area contributed by atoms with E-state index in [1.807, 2.05) is 76.2 Å². The molecule has 370 valence electrons. The van der Waals surface area contributed by atoms with Crippen molar-refractivity contribution < 1.29 is 38.6 Å². The van der Waals surface area contributed by atoms with Crippen molar-refractivity contribution in [3.05, 3.63) is 164 Å². The molecule has 9 nitrogen and oxygen atoms in total. The molecule has 0 bridgehead atoms. The van der Waals surface area contributed by atoms with Gasteiger partial charge < -0.3 is 38.6 Å². The molecule has 0 spiro atoms. The van der Waals surface area contributed by atoms with Crippen molar-refractivity contribution in [1.82, 2.24) is 4.90 Å². The Morgan fingerprint density at radius 1 is 0.529 bits per heavy atom. The Bertz CT molecular complexity index is 2250. The van der Waals surface area contributed by atoms with Gasteiger partial charge in [0.25, 0.3) is 0 Å². The molecular weight excluding hydrogens is 898 g/mol. The van der Waals surface area contributed by atoms with Gasteiger partial charge in [-0.3, -0.25) is 4.90 Å². The molecule has 1 heterocycles. The summed E-state index contributed by atoms with van der Waals surface area (Å²) in [5.41, 5.74) is 8.24. The zero-order valence-corrected chi connectivity index (χ0v) is 44.1. The summed E-state index contributed by atoms with van der Waals surface area (Å²) in [6.45, 7) is 20.8. The summed E-state index contributed by atoms with van der Waals surface area (Å²) >= 11 is 11.4. The van der Waals surface area contributed by atoms with E-state index in [2.05, 4.69) is 69.0 Å². The largest absolute Gasteiger partial charge is 0.508 e. The van der Waals surface area contributed by atoms with E-state index in [9.17, 15) is 5.11 Å². The molecule has 0 saturated carbocycles. The third-order valence-electron chi connectivity index (χ3n) is 10.6. The molecule has 6 aromatic carbocycles. The molecule has 0 aliphatic carbocycles. The van der Waals surface area contributed by atoms with Gasteiger partial charge >= 0.3 is 0 Å². The van der Waals surface area contributed by atoms with Crippen LogP contribution in [0, 0.1) is 41.5 Å². The maximum Gasteiger partial charge on any atom is 0.203 e. The minimum Gasteiger partial charge on any atom is -0.508 e. The first-order chi connectivity index (χ1) is 32.5. The number of likely N-dealkylation sites (tertiary alicyclic amines) is 1. The van der Waals surface area contributed by atoms with Gasteiger partial charge in [0.05, 0.1) is 45.6 Å². The predicted octanol–water partition coefficient (Wildman–Crippen LogP) is 14.7. The SMILES string of the molecule is COc1cc(C)cc(OC)c1O.COc1ccc(C)c(OC)c1OC.Cc1ccc(C(C)C)cc1.Cc1ccc(O)cc1.Cc1ccc(OCCN2CCCCC2)cc1.Cc1cccc(Cl)c1Cl. The van der Waals surface area contributed by atoms with Crippen molar-refractivity contribution in [2.45, 2.75) is 80.6 Å². The molecule has 0 unspecified atom stereocenters. The Kier molecular flexibility index (Phi) is 27.6. The van der Waals surface area contributed by atoms with Gasteiger partial charge in [0.2, 0.25) is 11.5 Å². The Balaban J connectivity index is 0.000000284. The summed E-state index contributed by atoms with van der Waals surface area (Å²) in [4.78, 5) is 2.50. The van der Waals surface area contributed by atoms with Crippen molar-refractivity contribution in [2.75, 3.05) is 61.8 Å². The van der Waals surface area contributed by atoms with Crippen LogP contribution in [0.3, 0.4) is 0 Å². The van der Waals surface area contributed by atoms with Gasteiger partial charge in [0.15, 0.2) is 23.0 Å². The van der Waals surface area contributed by atoms with E-state index in [1.54, 1.807) is 51.7 Å². The molecule has 1 fully saturated rings. The van der Waals surface area contributed by atoms with Gasteiger partial charge in [0.1, 0.15) is 18.1 Å². The molecular formula is C57H75Cl2NO8. The van der Waals surface area contributed by atoms with Crippen LogP contribution in [0.5, 0.6) is 46.0 Å². The van der Waals surface area contributed by atoms with Gasteiger partial charge in [-0.15, -0.1) is 0 Å². The van der Waals surface area contributed by atoms with Gasteiger partial charge in [-0.1, -0.05) is 127 Å². The molecule has 11 heteroatoms. The number of phenolic OH excluding ortho intramolecular Hbond substituents is 2. The number of aryl methyl sites for hydroxylation is 6. The molecule has 0 aromatic heterocycles. The zero-order valence-electron chi connectivity index (χ0n) is 42.5. The number of hydrogen-bond donors (Lipinski definition) is 2. The average Bonchev–Trinajstić information content (AvgIpc) is 3.34. The number of ether oxygens (including phenoxy) is 6. The monoisotopic (exact) mass is 971 g/mol. The average molecular weight is 973 g/mol. The molecule has 1 aliphatic heterocycles. The minimum absolute atomic E-state index is 0.0469. The van der Waals surface area contributed by atoms with Gasteiger partial charge in [-0.05, 0) is 144 Å². The van der Waals surface area contributed by atoms with Crippen molar-refractivity contribution >= 4 is 23.2 Å². The van der Waals surface area contributed by atoms with E-state index >= 15 is 0 Å². The van der Waals surface area contributed by atoms with Crippen molar-refractivity contribution in [1.29, 1.82) is 0 Å². The second kappa shape index (κ2) is 32.1. The summed E-state index contributed by atoms with van der Waals surface area (Å²) < 4.78 is 31.1. The highest BCUT2D eigenvalue weighted by molar-refractivity contribution is 6.42. The number of hydrogen-bond acceptors (Lipinski definition) is 9. The van der Waals surface area contributed by atoms with Crippen LogP contribution in [0.2, 0.25) is 10.0 Å². The smallest absolute Gasteiger partial charge is 0.203 e. The minimum atomic E-state index is 0.0469. The first kappa shape index (κ1) is 58.4. The maximum atomic E-state index is 9.46. The second-order valence-corrected chi connectivity index (χ2v) is 17.3. The topological polar surface area (TPSA) is 99.1 Å². The second-order valence-electron chi connectivity index (χ2n) is 16.5. The summed E-state index contributed by atoms with van der Waals surface area (Å²) in [6, 6.07) is 36.9. The maximum absolute atomic E-state index is 9.46. The molecule has 7 rings (SSSR count). The number of piperidine rings is 1. The molecule has 6 aromatic rings. The summed E-state index contributed by atoms with van der Waals surface area (Å²) in [5, 5.41) is 19.5. The van der Waals surface area contributed by atoms with Crippen molar-refractivity contribution in [3.63, 3.8) is 0 Å². The van der Waals surface area contributed by atoms with Crippen LogP contribution in [0.4, 0.5) is 0 Å². The Hall–Kier alpha value is -5.74. The summed E-state index contributed by atoms with van der Waals surface area (Å²) in [7, 11) is 7.83. The Morgan fingerprint density at radius 2 is 1.03 bits per heavy atom. The highest BCUT2D eigenvalue weighted by Gasteiger charge is 2.13. The van der Waals surface area contributed by atoms with E-state index in [4.69, 9.17) is 56.7 Å². The van der Waals surface area contributed by atoms with Gasteiger partial charge in [-0.25, -0.2) is 0 Å². The molecule has 0 radical (unpaired) electrons. The van der Waals surface area contributed by atoms with Crippen LogP contribution in [0.15, 0.2) is 115 Å². The molecule has 68 heavy (non-hydrogen) atoms. The first-order valence-corrected chi connectivity index (χ1v) is 23.6. The van der Waals surface area contributed by atoms with Crippen LogP contribution in [0.1, 0.15) is 78.0 Å². The van der Waals surface area contributed by atoms with Gasteiger partial charge in [0, 0.05) is 6.54 Å². The number of rotatable bonds is 10. The first-order valence-electron chi connectivity index (χ1n) is 22.8. The fourth-order valence-electron chi connectivity index (χ4n) is 6.49. The normalized spacial score (nSPS) is 11.5. The lowest BCUT2D eigenvalue weighted by molar-refractivity contribution is 0.183. The van der Waals surface area contributed by atoms with Gasteiger partial charge in [-0.2, -0.15) is 0 Å². The summed E-state index contributed by atoms with van der Waals surface area (Å²) in [5.74, 6) is 4.94. The highest BCUT2D eigenvalue weighted by Crippen LogP contribution is 2.39. The number of nitrogens with zero attached hydrogens (tertiary/aromatic N) is 1. The van der Waals surface area contributed by atoms with E-state index in [-0.39, 0.29) is 5.75 Å². The van der Waals surface area contributed by atoms with Crippen LogP contribution < -0.4 is 28.4 Å². The quantitative estimate of drug-likeness (QED) is 0.139. The number of phenols is 2. The predicted molar refractivity (Wildman–Crippen MR) is 283 cm³/mol. The van der Waals surface area contributed by atoms with E-state index in [1.165, 1.54) is 68.8 Å². The molecule has 0 atom stereocenters. The van der Waals surface area contributed by atoms with Crippen LogP contribution in [-0.4, -0.2) is 76.9 Å². The fraction of sp³-hybridized carbons (Fsp3) is 0.368. The van der Waals surface area contributed by atoms with Crippen molar-refractivity contribution in [2.24, 2.45) is 0 Å². The molecule has 2 N–H and O–H groups in total. The Morgan fingerprint density at radius 3 is 1.47 bits per heavy atom. The van der Waals surface area contributed by atoms with E-state index in [0.29, 0.717) is 44.7 Å². The summed E-state index contributed by atoms with van der Waals surface area (Å²) in [6.07, 6.45) is 4.10. The van der Waals surface area contributed by atoms with Crippen LogP contribution >= 0.6 is 23.2 Å². The highest BCUT2D eigenvalue weighted by atomic mass is 35.5. The van der Waals surface area contributed by atoms with Crippen LogP contribution in [-0.2, 0) is 0 Å². The van der Waals surface area contributed by atoms with E-state index < -0.39 is 0 Å². The Labute approximate surface area is 417 Å². The third kappa shape index (κ3) is 21.5. The standard InChI is InChI=1S/C14H21NO.C10H14O3.C10H14.C9H12O3.C7H6Cl2.C7H8O/c1-13-5-7-14(8-6-13)16-12-11-15-9-3-2-4-10-15;1-7-5-6-8(11-2)10(13-4)9(7)12-3;1-8(2)10-6-4-9(3)5-7-10;1-6-4-7(11-2)9(10)8(5-6)12-3;1-5-3-2-4-6(8)7(5)9;1-6-2-4-7(8)5-3-6/h5-8H,2-4,9-12H2,1H3;5-6H,1-4H3;4-8H,1-3H3;4-5,10H,1-3H3;2-4H,1H3;2-5,8H,1H3. The zero-order chi connectivity index (χ0) is 50.6. The fourth-order valence-corrected chi connectivity index (χ4v) is 6.84. The van der Waals surface area contributed by atoms with Crippen LogP contribution in [0.25, 0.3) is 0 Å². The lowest BCUT2D eigenvalue weighted by Gasteiger charge is -2.26. The van der Waals surface area contributed by atoms with Crippen molar-refractivity contribution in [3.8, 4) is 46.0 Å². The molecule has 1 aliphatic rings. The number of halogens is 2. The number of methoxy groups -OCH3 is 5. The number of benzene rings is 6. The lowest BCUT2D eigenvalue weighted by atomic mass is 10.0. The number of aromatic hydroxyl groups is 2. The molecule has 1 saturated heterocycles. The third-order valence-corrected chi connectivity index (χ3v) is 11.5.